The molecule has 0 unspecified atom stereocenters. The highest BCUT2D eigenvalue weighted by Gasteiger charge is 2.14. The molecular formula is C16H20N2. The van der Waals surface area contributed by atoms with Gasteiger partial charge in [-0.05, 0) is 74.6 Å². The molecule has 18 heavy (non-hydrogen) atoms. The summed E-state index contributed by atoms with van der Waals surface area (Å²) in [4.78, 5) is 4.46. The summed E-state index contributed by atoms with van der Waals surface area (Å²) < 4.78 is 0. The largest absolute Gasteiger partial charge is 0.399 e. The normalized spacial score (nSPS) is 10.7. The van der Waals surface area contributed by atoms with E-state index in [-0.39, 0.29) is 0 Å². The molecule has 0 saturated heterocycles. The van der Waals surface area contributed by atoms with Crippen LogP contribution in [0.4, 0.5) is 5.69 Å². The van der Waals surface area contributed by atoms with Crippen molar-refractivity contribution in [1.29, 1.82) is 0 Å². The van der Waals surface area contributed by atoms with Gasteiger partial charge in [-0.25, -0.2) is 0 Å². The Labute approximate surface area is 109 Å². The van der Waals surface area contributed by atoms with Gasteiger partial charge in [-0.15, -0.1) is 0 Å². The van der Waals surface area contributed by atoms with Gasteiger partial charge in [-0.3, -0.25) is 4.98 Å². The molecule has 2 nitrogen and oxygen atoms in total. The molecule has 1 heterocycles. The quantitative estimate of drug-likeness (QED) is 0.821. The van der Waals surface area contributed by atoms with Gasteiger partial charge in [0.1, 0.15) is 0 Å². The summed E-state index contributed by atoms with van der Waals surface area (Å²) in [7, 11) is 0. The average Bonchev–Trinajstić information content (AvgIpc) is 2.34. The van der Waals surface area contributed by atoms with Gasteiger partial charge in [0, 0.05) is 17.4 Å². The van der Waals surface area contributed by atoms with E-state index in [4.69, 9.17) is 5.73 Å². The Morgan fingerprint density at radius 2 is 1.33 bits per heavy atom. The minimum absolute atomic E-state index is 0.759. The van der Waals surface area contributed by atoms with E-state index in [0.717, 1.165) is 11.4 Å². The summed E-state index contributed by atoms with van der Waals surface area (Å²) in [5.74, 6) is 0. The smallest absolute Gasteiger partial charge is 0.0727 e. The van der Waals surface area contributed by atoms with E-state index in [1.165, 1.54) is 33.4 Å². The van der Waals surface area contributed by atoms with E-state index in [0.29, 0.717) is 0 Å². The zero-order chi connectivity index (χ0) is 13.4. The highest BCUT2D eigenvalue weighted by atomic mass is 14.7. The van der Waals surface area contributed by atoms with Crippen LogP contribution in [0.25, 0.3) is 11.3 Å². The number of nitrogen functional groups attached to an aromatic ring is 1. The van der Waals surface area contributed by atoms with Crippen molar-refractivity contribution in [3.63, 3.8) is 0 Å². The maximum Gasteiger partial charge on any atom is 0.0727 e. The van der Waals surface area contributed by atoms with Crippen LogP contribution >= 0.6 is 0 Å². The van der Waals surface area contributed by atoms with E-state index in [1.54, 1.807) is 6.20 Å². The molecule has 0 bridgehead atoms. The van der Waals surface area contributed by atoms with Gasteiger partial charge in [-0.1, -0.05) is 0 Å². The van der Waals surface area contributed by atoms with Crippen molar-refractivity contribution in [1.82, 2.24) is 4.98 Å². The molecule has 0 amide bonds. The Morgan fingerprint density at radius 3 is 1.83 bits per heavy atom. The minimum Gasteiger partial charge on any atom is -0.399 e. The number of aromatic nitrogens is 1. The average molecular weight is 240 g/mol. The number of anilines is 1. The van der Waals surface area contributed by atoms with Gasteiger partial charge in [0.25, 0.3) is 0 Å². The topological polar surface area (TPSA) is 38.9 Å². The second-order valence-electron chi connectivity index (χ2n) is 4.97. The highest BCUT2D eigenvalue weighted by Crippen LogP contribution is 2.33. The molecule has 0 radical (unpaired) electrons. The lowest BCUT2D eigenvalue weighted by Gasteiger charge is -2.18. The third-order valence-corrected chi connectivity index (χ3v) is 4.04. The summed E-state index contributed by atoms with van der Waals surface area (Å²) >= 11 is 0. The van der Waals surface area contributed by atoms with Gasteiger partial charge < -0.3 is 5.73 Å². The van der Waals surface area contributed by atoms with E-state index in [9.17, 15) is 0 Å². The molecule has 2 heteroatoms. The summed E-state index contributed by atoms with van der Waals surface area (Å²) in [5, 5.41) is 0. The fourth-order valence-corrected chi connectivity index (χ4v) is 2.47. The first-order chi connectivity index (χ1) is 8.43. The SMILES string of the molecule is Cc1c(C)c(C)c(-c2cc(N)ccn2)c(C)c1C. The van der Waals surface area contributed by atoms with Gasteiger partial charge in [0.2, 0.25) is 0 Å². The van der Waals surface area contributed by atoms with Crippen molar-refractivity contribution in [2.75, 3.05) is 5.73 Å². The Bertz CT molecular complexity index is 584. The number of nitrogens with two attached hydrogens (primary N) is 1. The molecule has 0 saturated carbocycles. The van der Waals surface area contributed by atoms with E-state index in [2.05, 4.69) is 39.6 Å². The van der Waals surface area contributed by atoms with E-state index >= 15 is 0 Å². The molecule has 0 aliphatic heterocycles. The molecule has 0 fully saturated rings. The number of benzene rings is 1. The molecule has 1 aromatic carbocycles. The van der Waals surface area contributed by atoms with Crippen LogP contribution in [-0.4, -0.2) is 4.98 Å². The number of nitrogens with zero attached hydrogens (tertiary/aromatic N) is 1. The third kappa shape index (κ3) is 1.88. The summed E-state index contributed by atoms with van der Waals surface area (Å²) in [6.45, 7) is 10.9. The molecule has 0 aliphatic rings. The van der Waals surface area contributed by atoms with E-state index < -0.39 is 0 Å². The Morgan fingerprint density at radius 1 is 0.833 bits per heavy atom. The molecule has 2 aromatic rings. The first-order valence-electron chi connectivity index (χ1n) is 6.22. The third-order valence-electron chi connectivity index (χ3n) is 4.04. The zero-order valence-electron chi connectivity index (χ0n) is 11.8. The second-order valence-corrected chi connectivity index (χ2v) is 4.97. The van der Waals surface area contributed by atoms with Crippen LogP contribution < -0.4 is 5.73 Å². The van der Waals surface area contributed by atoms with Crippen molar-refractivity contribution < 1.29 is 0 Å². The lowest BCUT2D eigenvalue weighted by molar-refractivity contribution is 1.16. The lowest BCUT2D eigenvalue weighted by atomic mass is 9.88. The molecule has 94 valence electrons. The van der Waals surface area contributed by atoms with Crippen LogP contribution in [0, 0.1) is 34.6 Å². The predicted molar refractivity (Wildman–Crippen MR) is 77.8 cm³/mol. The summed E-state index contributed by atoms with van der Waals surface area (Å²) in [6, 6.07) is 3.77. The predicted octanol–water partition coefficient (Wildman–Crippen LogP) is 3.87. The van der Waals surface area contributed by atoms with Gasteiger partial charge in [0.05, 0.1) is 5.69 Å². The first-order valence-corrected chi connectivity index (χ1v) is 6.22. The van der Waals surface area contributed by atoms with Gasteiger partial charge in [0.15, 0.2) is 0 Å². The molecule has 2 N–H and O–H groups in total. The van der Waals surface area contributed by atoms with Gasteiger partial charge in [-0.2, -0.15) is 0 Å². The van der Waals surface area contributed by atoms with E-state index in [1.807, 2.05) is 12.1 Å². The van der Waals surface area contributed by atoms with Crippen LogP contribution in [0.3, 0.4) is 0 Å². The van der Waals surface area contributed by atoms with Crippen molar-refractivity contribution in [2.24, 2.45) is 0 Å². The molecule has 0 atom stereocenters. The zero-order valence-corrected chi connectivity index (χ0v) is 11.8. The number of hydrogen-bond acceptors (Lipinski definition) is 2. The van der Waals surface area contributed by atoms with Crippen molar-refractivity contribution >= 4 is 5.69 Å². The van der Waals surface area contributed by atoms with Crippen LogP contribution in [0.1, 0.15) is 27.8 Å². The summed E-state index contributed by atoms with van der Waals surface area (Å²) in [6.07, 6.45) is 1.77. The highest BCUT2D eigenvalue weighted by molar-refractivity contribution is 5.73. The minimum atomic E-state index is 0.759. The van der Waals surface area contributed by atoms with Crippen LogP contribution in [0.5, 0.6) is 0 Å². The Hall–Kier alpha value is -1.83. The molecule has 0 aliphatic carbocycles. The van der Waals surface area contributed by atoms with Crippen molar-refractivity contribution in [3.8, 4) is 11.3 Å². The fraction of sp³-hybridized carbons (Fsp3) is 0.312. The molecule has 2 rings (SSSR count). The second kappa shape index (κ2) is 4.45. The maximum absolute atomic E-state index is 5.86. The number of pyridine rings is 1. The Kier molecular flexibility index (Phi) is 3.12. The monoisotopic (exact) mass is 240 g/mol. The molecular weight excluding hydrogens is 220 g/mol. The number of rotatable bonds is 1. The van der Waals surface area contributed by atoms with Crippen molar-refractivity contribution in [2.45, 2.75) is 34.6 Å². The fourth-order valence-electron chi connectivity index (χ4n) is 2.47. The van der Waals surface area contributed by atoms with Crippen LogP contribution in [0.15, 0.2) is 18.3 Å². The van der Waals surface area contributed by atoms with Crippen LogP contribution in [0.2, 0.25) is 0 Å². The molecule has 1 aromatic heterocycles. The summed E-state index contributed by atoms with van der Waals surface area (Å²) in [5.41, 5.74) is 15.5. The van der Waals surface area contributed by atoms with Gasteiger partial charge >= 0.3 is 0 Å². The maximum atomic E-state index is 5.86. The molecule has 0 spiro atoms. The first kappa shape index (κ1) is 12.6. The van der Waals surface area contributed by atoms with Crippen LogP contribution in [-0.2, 0) is 0 Å². The Balaban J connectivity index is 2.80. The number of hydrogen-bond donors (Lipinski definition) is 1. The van der Waals surface area contributed by atoms with Crippen molar-refractivity contribution in [3.05, 3.63) is 46.1 Å². The lowest BCUT2D eigenvalue weighted by Crippen LogP contribution is -2.01. The standard InChI is InChI=1S/C16H20N2/c1-9-10(2)12(4)16(13(5)11(9)3)15-8-14(17)6-7-18-15/h6-8H,1-5H3,(H2,17,18).